The molecule has 1 saturated heterocycles. The molecule has 3 heterocycles. The van der Waals surface area contributed by atoms with E-state index in [-0.39, 0.29) is 22.6 Å². The van der Waals surface area contributed by atoms with E-state index in [9.17, 15) is 19.5 Å². The number of methoxy groups -OCH3 is 1. The van der Waals surface area contributed by atoms with E-state index in [0.29, 0.717) is 33.2 Å². The summed E-state index contributed by atoms with van der Waals surface area (Å²) in [5.74, 6) is -1.14. The number of anilines is 1. The highest BCUT2D eigenvalue weighted by Gasteiger charge is 2.48. The Kier molecular flexibility index (Phi) is 7.79. The van der Waals surface area contributed by atoms with Crippen LogP contribution in [-0.2, 0) is 26.5 Å². The number of Topliss-reactive ketones (excluding diaryl/α,β-unsaturated/α-hetero) is 1. The van der Waals surface area contributed by atoms with Crippen molar-refractivity contribution >= 4 is 62.4 Å². The molecule has 7 rings (SSSR count). The van der Waals surface area contributed by atoms with Gasteiger partial charge >= 0.3 is 11.9 Å². The van der Waals surface area contributed by atoms with Crippen molar-refractivity contribution < 1.29 is 29.0 Å². The number of amides is 1. The molecule has 11 heteroatoms. The van der Waals surface area contributed by atoms with E-state index in [2.05, 4.69) is 34.5 Å². The van der Waals surface area contributed by atoms with E-state index in [4.69, 9.17) is 9.47 Å². The average Bonchev–Trinajstić information content (AvgIpc) is 3.77. The van der Waals surface area contributed by atoms with Gasteiger partial charge in [-0.1, -0.05) is 77.7 Å². The molecule has 5 aromatic rings. The number of fused-ring (bicyclic) bond motifs is 2. The van der Waals surface area contributed by atoms with E-state index in [1.165, 1.54) is 35.1 Å². The summed E-state index contributed by atoms with van der Waals surface area (Å²) < 4.78 is 11.3. The highest BCUT2D eigenvalue weighted by molar-refractivity contribution is 8.00. The largest absolute Gasteiger partial charge is 0.507 e. The lowest BCUT2D eigenvalue weighted by Crippen LogP contribution is -2.29. The number of hydrogen-bond acceptors (Lipinski definition) is 10. The predicted molar refractivity (Wildman–Crippen MR) is 176 cm³/mol. The zero-order valence-corrected chi connectivity index (χ0v) is 26.4. The number of ketones is 1. The Labute approximate surface area is 272 Å². The smallest absolute Gasteiger partial charge is 0.337 e. The third kappa shape index (κ3) is 5.31. The average molecular weight is 650 g/mol. The number of aliphatic hydroxyl groups excluding tert-OH is 1. The van der Waals surface area contributed by atoms with Crippen molar-refractivity contribution in [1.29, 1.82) is 0 Å². The first kappa shape index (κ1) is 29.7. The van der Waals surface area contributed by atoms with Gasteiger partial charge < -0.3 is 14.6 Å². The van der Waals surface area contributed by atoms with Gasteiger partial charge in [0.15, 0.2) is 4.34 Å². The molecule has 0 spiro atoms. The van der Waals surface area contributed by atoms with Crippen LogP contribution in [0.3, 0.4) is 0 Å². The molecule has 9 nitrogen and oxygen atoms in total. The van der Waals surface area contributed by atoms with Crippen LogP contribution in [-0.4, -0.2) is 46.2 Å². The van der Waals surface area contributed by atoms with Crippen LogP contribution in [0.2, 0.25) is 0 Å². The van der Waals surface area contributed by atoms with Crippen LogP contribution in [0.1, 0.15) is 45.6 Å². The first-order valence-electron chi connectivity index (χ1n) is 14.5. The molecule has 0 aliphatic carbocycles. The summed E-state index contributed by atoms with van der Waals surface area (Å²) >= 11 is 2.68. The highest BCUT2D eigenvalue weighted by atomic mass is 32.2. The molecule has 2 aliphatic heterocycles. The van der Waals surface area contributed by atoms with Crippen molar-refractivity contribution in [3.8, 4) is 5.75 Å². The Morgan fingerprint density at radius 1 is 1.02 bits per heavy atom. The SMILES string of the molecule is COC(=O)c1ccc([C@@H]2C(=C(O)c3ccc4c(c3)C[C@@H](C)O4)C(=O)C(=O)N2c2nnc(SCc3cccc4ccccc34)s2)cc1. The number of carbonyl (C=O) groups is 3. The molecule has 0 bridgehead atoms. The van der Waals surface area contributed by atoms with Gasteiger partial charge in [-0.25, -0.2) is 4.79 Å². The molecule has 2 atom stereocenters. The fourth-order valence-corrected chi connectivity index (χ4v) is 7.78. The zero-order valence-electron chi connectivity index (χ0n) is 24.8. The molecule has 4 aromatic carbocycles. The van der Waals surface area contributed by atoms with Gasteiger partial charge in [-0.2, -0.15) is 0 Å². The van der Waals surface area contributed by atoms with Crippen LogP contribution >= 0.6 is 23.1 Å². The van der Waals surface area contributed by atoms with Crippen LogP contribution in [0.4, 0.5) is 5.13 Å². The van der Waals surface area contributed by atoms with Crippen molar-refractivity contribution in [3.05, 3.63) is 118 Å². The molecule has 1 amide bonds. The van der Waals surface area contributed by atoms with Gasteiger partial charge in [0.1, 0.15) is 17.6 Å². The quantitative estimate of drug-likeness (QED) is 0.0512. The van der Waals surface area contributed by atoms with E-state index in [1.807, 2.05) is 25.1 Å². The Morgan fingerprint density at radius 3 is 2.59 bits per heavy atom. The normalized spacial score (nSPS) is 18.5. The van der Waals surface area contributed by atoms with E-state index in [0.717, 1.165) is 27.6 Å². The minimum absolute atomic E-state index is 0.00335. The molecular weight excluding hydrogens is 623 g/mol. The van der Waals surface area contributed by atoms with Crippen LogP contribution in [0.5, 0.6) is 5.75 Å². The lowest BCUT2D eigenvalue weighted by atomic mass is 9.94. The lowest BCUT2D eigenvalue weighted by Gasteiger charge is -2.22. The summed E-state index contributed by atoms with van der Waals surface area (Å²) in [7, 11) is 1.29. The van der Waals surface area contributed by atoms with Crippen LogP contribution in [0, 0.1) is 0 Å². The number of aliphatic hydroxyl groups is 1. The summed E-state index contributed by atoms with van der Waals surface area (Å²) in [5, 5.41) is 22.8. The molecule has 230 valence electrons. The van der Waals surface area contributed by atoms with Gasteiger partial charge in [0.25, 0.3) is 5.78 Å². The Balaban J connectivity index is 1.26. The lowest BCUT2D eigenvalue weighted by molar-refractivity contribution is -0.132. The fraction of sp³-hybridized carbons (Fsp3) is 0.171. The van der Waals surface area contributed by atoms with Crippen LogP contribution in [0.25, 0.3) is 16.5 Å². The first-order chi connectivity index (χ1) is 22.3. The maximum Gasteiger partial charge on any atom is 0.337 e. The van der Waals surface area contributed by atoms with Gasteiger partial charge in [0.2, 0.25) is 5.13 Å². The molecule has 0 radical (unpaired) electrons. The van der Waals surface area contributed by atoms with Crippen LogP contribution in [0.15, 0.2) is 94.8 Å². The van der Waals surface area contributed by atoms with Gasteiger partial charge in [-0.15, -0.1) is 10.2 Å². The number of thioether (sulfide) groups is 1. The van der Waals surface area contributed by atoms with E-state index >= 15 is 0 Å². The van der Waals surface area contributed by atoms with Gasteiger partial charge in [-0.05, 0) is 64.7 Å². The second-order valence-corrected chi connectivity index (χ2v) is 13.2. The zero-order chi connectivity index (χ0) is 31.9. The fourth-order valence-electron chi connectivity index (χ4n) is 5.91. The van der Waals surface area contributed by atoms with Crippen molar-refractivity contribution in [3.63, 3.8) is 0 Å². The number of nitrogens with zero attached hydrogens (tertiary/aromatic N) is 3. The third-order valence-electron chi connectivity index (χ3n) is 8.09. The molecule has 2 aliphatic rings. The molecule has 0 saturated carbocycles. The Hall–Kier alpha value is -5.00. The van der Waals surface area contributed by atoms with Gasteiger partial charge in [-0.3, -0.25) is 14.5 Å². The number of benzene rings is 4. The summed E-state index contributed by atoms with van der Waals surface area (Å²) in [6.07, 6.45) is 0.657. The summed E-state index contributed by atoms with van der Waals surface area (Å²) in [5.41, 5.74) is 3.17. The van der Waals surface area contributed by atoms with Crippen LogP contribution < -0.4 is 9.64 Å². The minimum Gasteiger partial charge on any atom is -0.507 e. The second-order valence-electron chi connectivity index (χ2n) is 11.0. The maximum atomic E-state index is 13.7. The molecule has 0 unspecified atom stereocenters. The van der Waals surface area contributed by atoms with E-state index < -0.39 is 23.7 Å². The van der Waals surface area contributed by atoms with Gasteiger partial charge in [0.05, 0.1) is 24.3 Å². The molecular formula is C35H27N3O6S2. The highest BCUT2D eigenvalue weighted by Crippen LogP contribution is 2.45. The molecule has 1 aromatic heterocycles. The topological polar surface area (TPSA) is 119 Å². The monoisotopic (exact) mass is 649 g/mol. The van der Waals surface area contributed by atoms with Crippen molar-refractivity contribution in [1.82, 2.24) is 10.2 Å². The number of rotatable bonds is 7. The van der Waals surface area contributed by atoms with E-state index in [1.54, 1.807) is 42.5 Å². The van der Waals surface area contributed by atoms with Crippen molar-refractivity contribution in [2.75, 3.05) is 12.0 Å². The Bertz CT molecular complexity index is 2050. The number of hydrogen-bond donors (Lipinski definition) is 1. The number of carbonyl (C=O) groups excluding carboxylic acids is 3. The standard InChI is InChI=1S/C35H27N3O6S2/c1-19-16-25-17-23(14-15-27(25)44-19)30(39)28-29(21-10-12-22(13-11-21)33(42)43-2)38(32(41)31(28)40)34-36-37-35(46-34)45-18-24-8-5-7-20-6-3-4-9-26(20)24/h3-15,17,19,29,39H,16,18H2,1-2H3/t19-,29-/m1/s1. The number of aromatic nitrogens is 2. The predicted octanol–water partition coefficient (Wildman–Crippen LogP) is 6.72. The summed E-state index contributed by atoms with van der Waals surface area (Å²) in [6, 6.07) is 24.9. The first-order valence-corrected chi connectivity index (χ1v) is 16.3. The molecule has 1 fully saturated rings. The number of esters is 1. The number of ether oxygens (including phenoxy) is 2. The third-order valence-corrected chi connectivity index (χ3v) is 10.2. The van der Waals surface area contributed by atoms with Crippen molar-refractivity contribution in [2.24, 2.45) is 0 Å². The molecule has 1 N–H and O–H groups in total. The molecule has 46 heavy (non-hydrogen) atoms. The second kappa shape index (κ2) is 12.1. The minimum atomic E-state index is -1.01. The van der Waals surface area contributed by atoms with Crippen molar-refractivity contribution in [2.45, 2.75) is 35.6 Å². The summed E-state index contributed by atoms with van der Waals surface area (Å²) in [4.78, 5) is 40.8. The Morgan fingerprint density at radius 2 is 1.78 bits per heavy atom. The maximum absolute atomic E-state index is 13.7. The summed E-state index contributed by atoms with van der Waals surface area (Å²) in [6.45, 7) is 1.96. The van der Waals surface area contributed by atoms with Gasteiger partial charge in [0, 0.05) is 17.7 Å².